The van der Waals surface area contributed by atoms with Gasteiger partial charge in [-0.15, -0.1) is 0 Å². The Labute approximate surface area is 69.2 Å². The number of nitrogens with two attached hydrogens (primary N) is 1. The van der Waals surface area contributed by atoms with E-state index in [9.17, 15) is 4.79 Å². The highest BCUT2D eigenvalue weighted by molar-refractivity contribution is 5.73. The first-order valence-electron chi connectivity index (χ1n) is 3.50. The lowest BCUT2D eigenvalue weighted by molar-refractivity contribution is -0.138. The summed E-state index contributed by atoms with van der Waals surface area (Å²) in [6.07, 6.45) is 0.201. The van der Waals surface area contributed by atoms with Crippen LogP contribution in [-0.2, 0) is 11.2 Å². The van der Waals surface area contributed by atoms with Gasteiger partial charge in [0.25, 0.3) is 0 Å². The summed E-state index contributed by atoms with van der Waals surface area (Å²) < 4.78 is 4.75. The van der Waals surface area contributed by atoms with Crippen LogP contribution in [0.3, 0.4) is 0 Å². The van der Waals surface area contributed by atoms with Gasteiger partial charge in [0.05, 0.1) is 5.69 Å². The summed E-state index contributed by atoms with van der Waals surface area (Å²) in [4.78, 5) is 10.3. The molecular formula is C7H10N2O3. The third-order valence-electron chi connectivity index (χ3n) is 1.42. The first-order valence-corrected chi connectivity index (χ1v) is 3.50. The van der Waals surface area contributed by atoms with E-state index in [0.29, 0.717) is 11.5 Å². The Morgan fingerprint density at radius 2 is 2.58 bits per heavy atom. The Balaban J connectivity index is 2.58. The quantitative estimate of drug-likeness (QED) is 0.663. The predicted octanol–water partition coefficient (Wildman–Crippen LogP) is -0.0626. The van der Waals surface area contributed by atoms with Gasteiger partial charge in [-0.2, -0.15) is 0 Å². The zero-order valence-corrected chi connectivity index (χ0v) is 6.65. The number of aryl methyl sites for hydroxylation is 1. The molecule has 1 aromatic rings. The first kappa shape index (κ1) is 8.73. The average molecular weight is 170 g/mol. The number of carboxylic acid groups (broad SMARTS) is 1. The number of nitrogens with zero attached hydrogens (tertiary/aromatic N) is 1. The molecule has 0 aliphatic heterocycles. The van der Waals surface area contributed by atoms with Crippen molar-refractivity contribution < 1.29 is 14.4 Å². The van der Waals surface area contributed by atoms with E-state index in [4.69, 9.17) is 15.4 Å². The topological polar surface area (TPSA) is 89.4 Å². The molecule has 0 spiro atoms. The predicted molar refractivity (Wildman–Crippen MR) is 40.6 cm³/mol. The van der Waals surface area contributed by atoms with Gasteiger partial charge in [0, 0.05) is 12.5 Å². The molecule has 66 valence electrons. The van der Waals surface area contributed by atoms with Crippen LogP contribution in [0.1, 0.15) is 11.5 Å². The fourth-order valence-corrected chi connectivity index (χ4v) is 0.827. The summed E-state index contributed by atoms with van der Waals surface area (Å²) in [5.41, 5.74) is 5.85. The molecule has 0 radical (unpaired) electrons. The zero-order valence-electron chi connectivity index (χ0n) is 6.65. The van der Waals surface area contributed by atoms with Crippen molar-refractivity contribution in [1.29, 1.82) is 0 Å². The van der Waals surface area contributed by atoms with E-state index >= 15 is 0 Å². The molecule has 0 bridgehead atoms. The van der Waals surface area contributed by atoms with Gasteiger partial charge in [0.15, 0.2) is 0 Å². The minimum absolute atomic E-state index is 0.201. The van der Waals surface area contributed by atoms with Crippen LogP contribution in [0.25, 0.3) is 0 Å². The standard InChI is InChI=1S/C7H10N2O3/c1-4-2-5(9-12-4)3-6(8)7(10)11/h2,6H,3,8H2,1H3,(H,10,11)/t6-/m1/s1. The van der Waals surface area contributed by atoms with Crippen molar-refractivity contribution in [2.24, 2.45) is 5.73 Å². The average Bonchev–Trinajstić information content (AvgIpc) is 2.35. The molecule has 0 aromatic carbocycles. The molecular weight excluding hydrogens is 160 g/mol. The Hall–Kier alpha value is -1.36. The largest absolute Gasteiger partial charge is 0.480 e. The lowest BCUT2D eigenvalue weighted by Crippen LogP contribution is -2.32. The second kappa shape index (κ2) is 3.36. The van der Waals surface area contributed by atoms with Crippen molar-refractivity contribution in [1.82, 2.24) is 5.16 Å². The smallest absolute Gasteiger partial charge is 0.320 e. The molecule has 5 heteroatoms. The highest BCUT2D eigenvalue weighted by Crippen LogP contribution is 2.03. The van der Waals surface area contributed by atoms with Crippen LogP contribution in [0, 0.1) is 6.92 Å². The Morgan fingerprint density at radius 1 is 1.92 bits per heavy atom. The fourth-order valence-electron chi connectivity index (χ4n) is 0.827. The number of hydrogen-bond donors (Lipinski definition) is 2. The summed E-state index contributed by atoms with van der Waals surface area (Å²) in [5, 5.41) is 12.1. The van der Waals surface area contributed by atoms with Crippen molar-refractivity contribution in [3.63, 3.8) is 0 Å². The van der Waals surface area contributed by atoms with Gasteiger partial charge in [-0.25, -0.2) is 0 Å². The van der Waals surface area contributed by atoms with Gasteiger partial charge in [-0.3, -0.25) is 4.79 Å². The van der Waals surface area contributed by atoms with Crippen LogP contribution < -0.4 is 5.73 Å². The normalized spacial score (nSPS) is 12.8. The molecule has 0 saturated carbocycles. The van der Waals surface area contributed by atoms with Gasteiger partial charge >= 0.3 is 5.97 Å². The fraction of sp³-hybridized carbons (Fsp3) is 0.429. The number of hydrogen-bond acceptors (Lipinski definition) is 4. The summed E-state index contributed by atoms with van der Waals surface area (Å²) in [6.45, 7) is 1.74. The SMILES string of the molecule is Cc1cc(C[C@@H](N)C(=O)O)no1. The summed E-state index contributed by atoms with van der Waals surface area (Å²) in [6, 6.07) is 0.762. The molecule has 1 rings (SSSR count). The number of carbonyl (C=O) groups is 1. The highest BCUT2D eigenvalue weighted by atomic mass is 16.5. The van der Waals surface area contributed by atoms with Crippen molar-refractivity contribution >= 4 is 5.97 Å². The molecule has 1 aromatic heterocycles. The summed E-state index contributed by atoms with van der Waals surface area (Å²) >= 11 is 0. The van der Waals surface area contributed by atoms with E-state index in [1.54, 1.807) is 13.0 Å². The van der Waals surface area contributed by atoms with Gasteiger partial charge in [-0.1, -0.05) is 5.16 Å². The van der Waals surface area contributed by atoms with Gasteiger partial charge in [0.2, 0.25) is 0 Å². The zero-order chi connectivity index (χ0) is 9.14. The number of carboxylic acids is 1. The van der Waals surface area contributed by atoms with Crippen LogP contribution in [0.4, 0.5) is 0 Å². The van der Waals surface area contributed by atoms with E-state index in [0.717, 1.165) is 0 Å². The second-order valence-corrected chi connectivity index (χ2v) is 2.58. The molecule has 0 aliphatic carbocycles. The Kier molecular flexibility index (Phi) is 2.44. The van der Waals surface area contributed by atoms with Crippen LogP contribution in [0.5, 0.6) is 0 Å². The van der Waals surface area contributed by atoms with Crippen LogP contribution in [0.2, 0.25) is 0 Å². The summed E-state index contributed by atoms with van der Waals surface area (Å²) in [5.74, 6) is -0.377. The molecule has 1 heterocycles. The lowest BCUT2D eigenvalue weighted by atomic mass is 10.2. The van der Waals surface area contributed by atoms with Crippen LogP contribution >= 0.6 is 0 Å². The van der Waals surface area contributed by atoms with Gasteiger partial charge < -0.3 is 15.4 Å². The molecule has 0 aliphatic rings. The molecule has 3 N–H and O–H groups in total. The van der Waals surface area contributed by atoms with Crippen LogP contribution in [0.15, 0.2) is 10.6 Å². The molecule has 0 unspecified atom stereocenters. The summed E-state index contributed by atoms with van der Waals surface area (Å²) in [7, 11) is 0. The number of aromatic nitrogens is 1. The number of aliphatic carboxylic acids is 1. The van der Waals surface area contributed by atoms with Crippen molar-refractivity contribution in [3.8, 4) is 0 Å². The minimum Gasteiger partial charge on any atom is -0.480 e. The highest BCUT2D eigenvalue weighted by Gasteiger charge is 2.14. The Morgan fingerprint density at radius 3 is 3.00 bits per heavy atom. The Bertz CT molecular complexity index is 282. The maximum absolute atomic E-state index is 10.3. The van der Waals surface area contributed by atoms with Crippen molar-refractivity contribution in [2.45, 2.75) is 19.4 Å². The first-order chi connectivity index (χ1) is 5.59. The van der Waals surface area contributed by atoms with E-state index in [1.165, 1.54) is 0 Å². The van der Waals surface area contributed by atoms with E-state index in [-0.39, 0.29) is 6.42 Å². The third kappa shape index (κ3) is 2.06. The van der Waals surface area contributed by atoms with E-state index in [1.807, 2.05) is 0 Å². The van der Waals surface area contributed by atoms with E-state index in [2.05, 4.69) is 5.16 Å². The molecule has 1 atom stereocenters. The molecule has 0 amide bonds. The monoisotopic (exact) mass is 170 g/mol. The number of rotatable bonds is 3. The lowest BCUT2D eigenvalue weighted by Gasteiger charge is -2.00. The minimum atomic E-state index is -1.03. The van der Waals surface area contributed by atoms with Crippen LogP contribution in [-0.4, -0.2) is 22.3 Å². The molecule has 0 saturated heterocycles. The van der Waals surface area contributed by atoms with Gasteiger partial charge in [-0.05, 0) is 6.92 Å². The van der Waals surface area contributed by atoms with Gasteiger partial charge in [0.1, 0.15) is 11.8 Å². The third-order valence-corrected chi connectivity index (χ3v) is 1.42. The van der Waals surface area contributed by atoms with E-state index < -0.39 is 12.0 Å². The molecule has 5 nitrogen and oxygen atoms in total. The molecule has 0 fully saturated rings. The van der Waals surface area contributed by atoms with Crippen molar-refractivity contribution in [3.05, 3.63) is 17.5 Å². The molecule has 12 heavy (non-hydrogen) atoms. The maximum atomic E-state index is 10.3. The maximum Gasteiger partial charge on any atom is 0.320 e. The van der Waals surface area contributed by atoms with Crippen molar-refractivity contribution in [2.75, 3.05) is 0 Å². The second-order valence-electron chi connectivity index (χ2n) is 2.58.